The predicted octanol–water partition coefficient (Wildman–Crippen LogP) is 0.456. The molecular formula is C5H8ClNO. The Hall–Kier alpha value is -0.240. The Labute approximate surface area is 53.4 Å². The molecule has 0 aliphatic carbocycles. The van der Waals surface area contributed by atoms with Gasteiger partial charge < -0.3 is 4.90 Å². The first-order valence-corrected chi connectivity index (χ1v) is 3.04. The molecule has 1 heterocycles. The van der Waals surface area contributed by atoms with Crippen molar-refractivity contribution in [3.8, 4) is 0 Å². The van der Waals surface area contributed by atoms with Crippen LogP contribution in [0.2, 0.25) is 0 Å². The van der Waals surface area contributed by atoms with Crippen molar-refractivity contribution in [3.05, 3.63) is 0 Å². The van der Waals surface area contributed by atoms with E-state index in [9.17, 15) is 4.79 Å². The molecule has 3 heteroatoms. The summed E-state index contributed by atoms with van der Waals surface area (Å²) in [5, 5.41) is -0.250. The summed E-state index contributed by atoms with van der Waals surface area (Å²) in [6.45, 7) is 0.812. The summed E-state index contributed by atoms with van der Waals surface area (Å²) < 4.78 is 0. The molecular weight excluding hydrogens is 126 g/mol. The molecule has 1 fully saturated rings. The smallest absolute Gasteiger partial charge is 0.240 e. The number of hydrogen-bond donors (Lipinski definition) is 0. The second-order valence-corrected chi connectivity index (χ2v) is 2.54. The number of halogens is 1. The van der Waals surface area contributed by atoms with Gasteiger partial charge in [0.15, 0.2) is 0 Å². The van der Waals surface area contributed by atoms with Gasteiger partial charge in [-0.05, 0) is 6.42 Å². The predicted molar refractivity (Wildman–Crippen MR) is 31.9 cm³/mol. The van der Waals surface area contributed by atoms with Crippen LogP contribution in [0.1, 0.15) is 6.42 Å². The molecule has 1 rings (SSSR count). The molecule has 0 N–H and O–H groups in total. The Bertz CT molecular complexity index is 103. The highest BCUT2D eigenvalue weighted by atomic mass is 35.5. The lowest BCUT2D eigenvalue weighted by Gasteiger charge is -2.04. The third-order valence-corrected chi connectivity index (χ3v) is 1.77. The number of likely N-dealkylation sites (tertiary alicyclic amines) is 1. The van der Waals surface area contributed by atoms with E-state index < -0.39 is 0 Å². The van der Waals surface area contributed by atoms with E-state index in [1.807, 2.05) is 0 Å². The fraction of sp³-hybridized carbons (Fsp3) is 0.800. The van der Waals surface area contributed by atoms with Gasteiger partial charge in [-0.1, -0.05) is 0 Å². The number of carbonyl (C=O) groups is 1. The molecule has 1 aliphatic heterocycles. The highest BCUT2D eigenvalue weighted by Gasteiger charge is 2.26. The number of rotatable bonds is 0. The monoisotopic (exact) mass is 133 g/mol. The molecule has 0 radical (unpaired) electrons. The first-order valence-electron chi connectivity index (χ1n) is 2.61. The SMILES string of the molecule is CN1CC[C@H](Cl)C1=O. The van der Waals surface area contributed by atoms with Gasteiger partial charge in [-0.3, -0.25) is 4.79 Å². The van der Waals surface area contributed by atoms with Crippen LogP contribution in [-0.2, 0) is 4.79 Å². The minimum Gasteiger partial charge on any atom is -0.344 e. The van der Waals surface area contributed by atoms with Crippen molar-refractivity contribution < 1.29 is 4.79 Å². The van der Waals surface area contributed by atoms with E-state index in [4.69, 9.17) is 11.6 Å². The highest BCUT2D eigenvalue weighted by molar-refractivity contribution is 6.31. The van der Waals surface area contributed by atoms with Crippen molar-refractivity contribution >= 4 is 17.5 Å². The molecule has 8 heavy (non-hydrogen) atoms. The zero-order valence-corrected chi connectivity index (χ0v) is 5.48. The van der Waals surface area contributed by atoms with Crippen LogP contribution >= 0.6 is 11.6 Å². The third-order valence-electron chi connectivity index (χ3n) is 1.36. The Morgan fingerprint density at radius 1 is 1.88 bits per heavy atom. The van der Waals surface area contributed by atoms with Crippen molar-refractivity contribution in [2.45, 2.75) is 11.8 Å². The first kappa shape index (κ1) is 5.89. The molecule has 1 saturated heterocycles. The molecule has 1 atom stereocenters. The molecule has 0 aromatic heterocycles. The first-order chi connectivity index (χ1) is 3.72. The van der Waals surface area contributed by atoms with Gasteiger partial charge in [0.05, 0.1) is 0 Å². The van der Waals surface area contributed by atoms with Crippen LogP contribution in [0, 0.1) is 0 Å². The van der Waals surface area contributed by atoms with Gasteiger partial charge in [0.25, 0.3) is 0 Å². The average molecular weight is 134 g/mol. The number of hydrogen-bond acceptors (Lipinski definition) is 1. The van der Waals surface area contributed by atoms with Gasteiger partial charge >= 0.3 is 0 Å². The lowest BCUT2D eigenvalue weighted by atomic mass is 10.4. The Morgan fingerprint density at radius 2 is 2.50 bits per heavy atom. The number of carbonyl (C=O) groups excluding carboxylic acids is 1. The largest absolute Gasteiger partial charge is 0.344 e. The van der Waals surface area contributed by atoms with E-state index in [1.165, 1.54) is 0 Å². The second kappa shape index (κ2) is 1.94. The highest BCUT2D eigenvalue weighted by Crippen LogP contribution is 2.13. The second-order valence-electron chi connectivity index (χ2n) is 2.02. The summed E-state index contributed by atoms with van der Waals surface area (Å²) in [7, 11) is 1.77. The van der Waals surface area contributed by atoms with E-state index in [-0.39, 0.29) is 11.3 Å². The zero-order chi connectivity index (χ0) is 6.15. The summed E-state index contributed by atoms with van der Waals surface area (Å²) in [6.07, 6.45) is 0.802. The minimum atomic E-state index is -0.250. The number of amides is 1. The topological polar surface area (TPSA) is 20.3 Å². The van der Waals surface area contributed by atoms with Gasteiger partial charge in [0, 0.05) is 13.6 Å². The van der Waals surface area contributed by atoms with Crippen LogP contribution < -0.4 is 0 Å². The number of alkyl halides is 1. The number of nitrogens with zero attached hydrogens (tertiary/aromatic N) is 1. The van der Waals surface area contributed by atoms with Crippen molar-refractivity contribution in [2.24, 2.45) is 0 Å². The molecule has 2 nitrogen and oxygen atoms in total. The van der Waals surface area contributed by atoms with Crippen LogP contribution in [0.3, 0.4) is 0 Å². The quantitative estimate of drug-likeness (QED) is 0.440. The maximum absolute atomic E-state index is 10.7. The average Bonchev–Trinajstić information content (AvgIpc) is 1.98. The van der Waals surface area contributed by atoms with Crippen molar-refractivity contribution in [1.82, 2.24) is 4.90 Å². The van der Waals surface area contributed by atoms with E-state index in [0.717, 1.165) is 13.0 Å². The van der Waals surface area contributed by atoms with Crippen LogP contribution in [0.25, 0.3) is 0 Å². The minimum absolute atomic E-state index is 0.0617. The summed E-state index contributed by atoms with van der Waals surface area (Å²) in [5.41, 5.74) is 0. The van der Waals surface area contributed by atoms with Gasteiger partial charge in [-0.25, -0.2) is 0 Å². The molecule has 0 aromatic carbocycles. The van der Waals surface area contributed by atoms with E-state index in [0.29, 0.717) is 0 Å². The zero-order valence-electron chi connectivity index (χ0n) is 4.72. The van der Waals surface area contributed by atoms with Crippen LogP contribution in [0.5, 0.6) is 0 Å². The fourth-order valence-corrected chi connectivity index (χ4v) is 1.04. The summed E-state index contributed by atoms with van der Waals surface area (Å²) >= 11 is 5.57. The lowest BCUT2D eigenvalue weighted by molar-refractivity contribution is -0.126. The molecule has 1 aliphatic rings. The normalized spacial score (nSPS) is 29.5. The van der Waals surface area contributed by atoms with Gasteiger partial charge in [0.2, 0.25) is 5.91 Å². The van der Waals surface area contributed by atoms with E-state index in [2.05, 4.69) is 0 Å². The fourth-order valence-electron chi connectivity index (χ4n) is 0.780. The Kier molecular flexibility index (Phi) is 1.43. The Morgan fingerprint density at radius 3 is 2.62 bits per heavy atom. The molecule has 0 unspecified atom stereocenters. The van der Waals surface area contributed by atoms with E-state index >= 15 is 0 Å². The molecule has 1 amide bonds. The van der Waals surface area contributed by atoms with E-state index in [1.54, 1.807) is 11.9 Å². The third kappa shape index (κ3) is 0.802. The maximum atomic E-state index is 10.7. The standard InChI is InChI=1S/C5H8ClNO/c1-7-3-2-4(6)5(7)8/h4H,2-3H2,1H3/t4-/m0/s1. The van der Waals surface area contributed by atoms with Crippen molar-refractivity contribution in [3.63, 3.8) is 0 Å². The summed E-state index contributed by atoms with van der Waals surface area (Å²) in [6, 6.07) is 0. The summed E-state index contributed by atoms with van der Waals surface area (Å²) in [5.74, 6) is 0.0617. The van der Waals surface area contributed by atoms with Crippen molar-refractivity contribution in [1.29, 1.82) is 0 Å². The molecule has 46 valence electrons. The molecule has 0 spiro atoms. The van der Waals surface area contributed by atoms with Gasteiger partial charge in [0.1, 0.15) is 5.38 Å². The van der Waals surface area contributed by atoms with Crippen LogP contribution in [-0.4, -0.2) is 29.8 Å². The van der Waals surface area contributed by atoms with Gasteiger partial charge in [-0.2, -0.15) is 0 Å². The summed E-state index contributed by atoms with van der Waals surface area (Å²) in [4.78, 5) is 12.3. The van der Waals surface area contributed by atoms with Crippen LogP contribution in [0.15, 0.2) is 0 Å². The molecule has 0 bridgehead atoms. The van der Waals surface area contributed by atoms with Crippen molar-refractivity contribution in [2.75, 3.05) is 13.6 Å². The molecule has 0 aromatic rings. The van der Waals surface area contributed by atoms with Crippen LogP contribution in [0.4, 0.5) is 0 Å². The maximum Gasteiger partial charge on any atom is 0.240 e. The lowest BCUT2D eigenvalue weighted by Crippen LogP contribution is -2.22. The molecule has 0 saturated carbocycles. The van der Waals surface area contributed by atoms with Gasteiger partial charge in [-0.15, -0.1) is 11.6 Å². The Balaban J connectivity index is 2.57.